The molecular weight excluding hydrogens is 274 g/mol. The number of nitrogen functional groups attached to an aromatic ring is 1. The summed E-state index contributed by atoms with van der Waals surface area (Å²) in [5.74, 6) is 0. The topological polar surface area (TPSA) is 75.4 Å². The second-order valence-electron chi connectivity index (χ2n) is 5.35. The molecule has 5 nitrogen and oxygen atoms in total. The van der Waals surface area contributed by atoms with Gasteiger partial charge in [-0.1, -0.05) is 19.1 Å². The standard InChI is InChI=1S/C14H23N3O2S/c1-3-17-9-5-7-12(10-17)16-20(18,19)14-11(2)6-4-8-13(14)15/h4,6,8,12,16H,3,5,7,9-10,15H2,1-2H3. The van der Waals surface area contributed by atoms with Crippen molar-refractivity contribution in [3.63, 3.8) is 0 Å². The normalized spacial score (nSPS) is 21.0. The van der Waals surface area contributed by atoms with Gasteiger partial charge in [-0.25, -0.2) is 13.1 Å². The van der Waals surface area contributed by atoms with Gasteiger partial charge in [0.15, 0.2) is 0 Å². The van der Waals surface area contributed by atoms with E-state index in [4.69, 9.17) is 5.73 Å². The van der Waals surface area contributed by atoms with Gasteiger partial charge in [-0.15, -0.1) is 0 Å². The number of benzene rings is 1. The minimum Gasteiger partial charge on any atom is -0.398 e. The van der Waals surface area contributed by atoms with E-state index in [2.05, 4.69) is 16.5 Å². The number of nitrogens with zero attached hydrogens (tertiary/aromatic N) is 1. The maximum atomic E-state index is 12.5. The van der Waals surface area contributed by atoms with Crippen LogP contribution in [0.15, 0.2) is 23.1 Å². The van der Waals surface area contributed by atoms with E-state index in [1.165, 1.54) is 0 Å². The minimum atomic E-state index is -3.55. The van der Waals surface area contributed by atoms with E-state index >= 15 is 0 Å². The van der Waals surface area contributed by atoms with E-state index < -0.39 is 10.0 Å². The zero-order valence-electron chi connectivity index (χ0n) is 12.1. The summed E-state index contributed by atoms with van der Waals surface area (Å²) in [6, 6.07) is 5.13. The molecule has 0 saturated carbocycles. The van der Waals surface area contributed by atoms with E-state index in [0.717, 1.165) is 32.5 Å². The fourth-order valence-corrected chi connectivity index (χ4v) is 4.38. The van der Waals surface area contributed by atoms with Crippen molar-refractivity contribution in [2.24, 2.45) is 0 Å². The largest absolute Gasteiger partial charge is 0.398 e. The molecule has 0 radical (unpaired) electrons. The van der Waals surface area contributed by atoms with Crippen molar-refractivity contribution in [1.29, 1.82) is 0 Å². The molecule has 0 bridgehead atoms. The summed E-state index contributed by atoms with van der Waals surface area (Å²) in [6.07, 6.45) is 1.89. The van der Waals surface area contributed by atoms with Crippen LogP contribution in [0.4, 0.5) is 5.69 Å². The van der Waals surface area contributed by atoms with Gasteiger partial charge in [-0.05, 0) is 44.5 Å². The lowest BCUT2D eigenvalue weighted by atomic mass is 10.1. The van der Waals surface area contributed by atoms with Gasteiger partial charge in [0.05, 0.1) is 5.69 Å². The third kappa shape index (κ3) is 3.31. The molecule has 0 spiro atoms. The summed E-state index contributed by atoms with van der Waals surface area (Å²) in [5, 5.41) is 0. The highest BCUT2D eigenvalue weighted by Gasteiger charge is 2.26. The van der Waals surface area contributed by atoms with Crippen molar-refractivity contribution in [1.82, 2.24) is 9.62 Å². The lowest BCUT2D eigenvalue weighted by molar-refractivity contribution is 0.211. The van der Waals surface area contributed by atoms with Gasteiger partial charge in [0, 0.05) is 12.6 Å². The molecule has 1 heterocycles. The zero-order chi connectivity index (χ0) is 14.8. The highest BCUT2D eigenvalue weighted by Crippen LogP contribution is 2.23. The first-order valence-electron chi connectivity index (χ1n) is 7.04. The van der Waals surface area contributed by atoms with E-state index in [9.17, 15) is 8.42 Å². The summed E-state index contributed by atoms with van der Waals surface area (Å²) in [5.41, 5.74) is 6.82. The summed E-state index contributed by atoms with van der Waals surface area (Å²) < 4.78 is 27.9. The number of rotatable bonds is 4. The fraction of sp³-hybridized carbons (Fsp3) is 0.571. The van der Waals surface area contributed by atoms with Crippen LogP contribution in [0.1, 0.15) is 25.3 Å². The van der Waals surface area contributed by atoms with E-state index in [1.807, 2.05) is 0 Å². The van der Waals surface area contributed by atoms with Crippen LogP contribution in [0.5, 0.6) is 0 Å². The van der Waals surface area contributed by atoms with Crippen molar-refractivity contribution in [2.45, 2.75) is 37.6 Å². The SMILES string of the molecule is CCN1CCCC(NS(=O)(=O)c2c(C)cccc2N)C1. The molecule has 1 aromatic rings. The van der Waals surface area contributed by atoms with Gasteiger partial charge >= 0.3 is 0 Å². The number of piperidine rings is 1. The third-order valence-corrected chi connectivity index (χ3v) is 5.52. The van der Waals surface area contributed by atoms with E-state index in [1.54, 1.807) is 25.1 Å². The molecule has 0 aliphatic carbocycles. The first kappa shape index (κ1) is 15.3. The molecule has 1 aromatic carbocycles. The van der Waals surface area contributed by atoms with Gasteiger partial charge < -0.3 is 10.6 Å². The first-order chi connectivity index (χ1) is 9.44. The van der Waals surface area contributed by atoms with Gasteiger partial charge in [0.25, 0.3) is 0 Å². The van der Waals surface area contributed by atoms with Crippen molar-refractivity contribution in [3.8, 4) is 0 Å². The summed E-state index contributed by atoms with van der Waals surface area (Å²) in [4.78, 5) is 2.48. The number of sulfonamides is 1. The molecule has 1 fully saturated rings. The molecule has 1 saturated heterocycles. The van der Waals surface area contributed by atoms with Crippen LogP contribution < -0.4 is 10.5 Å². The number of likely N-dealkylation sites (tertiary alicyclic amines) is 1. The number of hydrogen-bond donors (Lipinski definition) is 2. The van der Waals surface area contributed by atoms with Crippen LogP contribution >= 0.6 is 0 Å². The second kappa shape index (κ2) is 6.11. The summed E-state index contributed by atoms with van der Waals surface area (Å²) in [7, 11) is -3.55. The number of nitrogens with one attached hydrogen (secondary N) is 1. The Balaban J connectivity index is 2.19. The van der Waals surface area contributed by atoms with Gasteiger partial charge in [-0.2, -0.15) is 0 Å². The lowest BCUT2D eigenvalue weighted by Crippen LogP contribution is -2.47. The highest BCUT2D eigenvalue weighted by molar-refractivity contribution is 7.89. The quantitative estimate of drug-likeness (QED) is 0.822. The van der Waals surface area contributed by atoms with E-state index in [0.29, 0.717) is 11.3 Å². The first-order valence-corrected chi connectivity index (χ1v) is 8.52. The molecular formula is C14H23N3O2S. The molecule has 112 valence electrons. The Bertz CT molecular complexity index is 552. The number of likely N-dealkylation sites (N-methyl/N-ethyl adjacent to an activating group) is 1. The fourth-order valence-electron chi connectivity index (χ4n) is 2.76. The van der Waals surface area contributed by atoms with Crippen LogP contribution in [0.2, 0.25) is 0 Å². The molecule has 1 aliphatic heterocycles. The van der Waals surface area contributed by atoms with Crippen molar-refractivity contribution < 1.29 is 8.42 Å². The molecule has 1 aliphatic rings. The molecule has 2 rings (SSSR count). The average Bonchev–Trinajstić information content (AvgIpc) is 2.37. The molecule has 3 N–H and O–H groups in total. The zero-order valence-corrected chi connectivity index (χ0v) is 12.9. The summed E-state index contributed by atoms with van der Waals surface area (Å²) in [6.45, 7) is 6.62. The maximum absolute atomic E-state index is 12.5. The Morgan fingerprint density at radius 1 is 1.45 bits per heavy atom. The van der Waals surface area contributed by atoms with E-state index in [-0.39, 0.29) is 10.9 Å². The number of aryl methyl sites for hydroxylation is 1. The van der Waals surface area contributed by atoms with Crippen LogP contribution in [0, 0.1) is 6.92 Å². The van der Waals surface area contributed by atoms with Gasteiger partial charge in [0.1, 0.15) is 4.90 Å². The van der Waals surface area contributed by atoms with Crippen LogP contribution in [-0.4, -0.2) is 39.0 Å². The molecule has 1 atom stereocenters. The molecule has 20 heavy (non-hydrogen) atoms. The average molecular weight is 297 g/mol. The Hall–Kier alpha value is -1.11. The predicted molar refractivity (Wildman–Crippen MR) is 81.0 cm³/mol. The summed E-state index contributed by atoms with van der Waals surface area (Å²) >= 11 is 0. The lowest BCUT2D eigenvalue weighted by Gasteiger charge is -2.32. The van der Waals surface area contributed by atoms with Crippen molar-refractivity contribution >= 4 is 15.7 Å². The van der Waals surface area contributed by atoms with Crippen molar-refractivity contribution in [3.05, 3.63) is 23.8 Å². The van der Waals surface area contributed by atoms with Gasteiger partial charge in [-0.3, -0.25) is 0 Å². The molecule has 6 heteroatoms. The minimum absolute atomic E-state index is 0.0345. The second-order valence-corrected chi connectivity index (χ2v) is 7.00. The Morgan fingerprint density at radius 2 is 2.20 bits per heavy atom. The number of anilines is 1. The number of nitrogens with two attached hydrogens (primary N) is 1. The molecule has 0 amide bonds. The maximum Gasteiger partial charge on any atom is 0.243 e. The third-order valence-electron chi connectivity index (χ3n) is 3.79. The Labute approximate surface area is 121 Å². The van der Waals surface area contributed by atoms with Crippen LogP contribution in [0.3, 0.4) is 0 Å². The highest BCUT2D eigenvalue weighted by atomic mass is 32.2. The monoisotopic (exact) mass is 297 g/mol. The predicted octanol–water partition coefficient (Wildman–Crippen LogP) is 1.34. The Morgan fingerprint density at radius 3 is 2.85 bits per heavy atom. The van der Waals surface area contributed by atoms with Crippen LogP contribution in [-0.2, 0) is 10.0 Å². The van der Waals surface area contributed by atoms with Gasteiger partial charge in [0.2, 0.25) is 10.0 Å². The number of hydrogen-bond acceptors (Lipinski definition) is 4. The van der Waals surface area contributed by atoms with Crippen LogP contribution in [0.25, 0.3) is 0 Å². The van der Waals surface area contributed by atoms with Crippen molar-refractivity contribution in [2.75, 3.05) is 25.4 Å². The Kier molecular flexibility index (Phi) is 4.67. The molecule has 0 aromatic heterocycles. The molecule has 1 unspecified atom stereocenters. The smallest absolute Gasteiger partial charge is 0.243 e.